The first-order chi connectivity index (χ1) is 13.3. The quantitative estimate of drug-likeness (QED) is 0.864. The molecule has 0 spiro atoms. The first-order valence-corrected chi connectivity index (χ1v) is 9.81. The Balaban J connectivity index is 1.73. The molecule has 6 heteroatoms. The zero-order chi connectivity index (χ0) is 20.1. The topological polar surface area (TPSA) is 56.1 Å². The van der Waals surface area contributed by atoms with Crippen LogP contribution in [0, 0.1) is 12.7 Å². The van der Waals surface area contributed by atoms with Crippen LogP contribution in [0.5, 0.6) is 0 Å². The van der Waals surface area contributed by atoms with Gasteiger partial charge >= 0.3 is 0 Å². The fraction of sp³-hybridized carbons (Fsp3) is 0.455. The van der Waals surface area contributed by atoms with Crippen molar-refractivity contribution in [3.63, 3.8) is 0 Å². The summed E-state index contributed by atoms with van der Waals surface area (Å²) in [4.78, 5) is 20.6. The minimum absolute atomic E-state index is 0.151. The van der Waals surface area contributed by atoms with Crippen LogP contribution in [0.25, 0.3) is 0 Å². The second-order valence-electron chi connectivity index (χ2n) is 8.23. The number of amidine groups is 1. The smallest absolute Gasteiger partial charge is 0.274 e. The van der Waals surface area contributed by atoms with Crippen LogP contribution in [-0.4, -0.2) is 46.8 Å². The van der Waals surface area contributed by atoms with Crippen LogP contribution in [0.1, 0.15) is 43.2 Å². The predicted molar refractivity (Wildman–Crippen MR) is 106 cm³/mol. The number of hydrogen-bond donors (Lipinski definition) is 1. The molecule has 2 aliphatic heterocycles. The van der Waals surface area contributed by atoms with E-state index >= 15 is 0 Å². The highest BCUT2D eigenvalue weighted by Gasteiger charge is 2.42. The van der Waals surface area contributed by atoms with E-state index in [0.717, 1.165) is 42.6 Å². The zero-order valence-corrected chi connectivity index (χ0v) is 16.5. The van der Waals surface area contributed by atoms with Crippen molar-refractivity contribution in [2.75, 3.05) is 20.1 Å². The van der Waals surface area contributed by atoms with Crippen LogP contribution in [0.3, 0.4) is 0 Å². The molecule has 0 aromatic heterocycles. The molecular formula is C22H26FN3O2. The predicted octanol–water partition coefficient (Wildman–Crippen LogP) is 3.81. The van der Waals surface area contributed by atoms with Crippen LogP contribution in [0.2, 0.25) is 0 Å². The molecule has 3 aliphatic rings. The maximum absolute atomic E-state index is 14.2. The van der Waals surface area contributed by atoms with Gasteiger partial charge in [-0.1, -0.05) is 25.5 Å². The number of aryl methyl sites for hydroxylation is 1. The number of hydrogen-bond acceptors (Lipinski definition) is 4. The van der Waals surface area contributed by atoms with Gasteiger partial charge in [-0.15, -0.1) is 0 Å². The summed E-state index contributed by atoms with van der Waals surface area (Å²) < 4.78 is 14.2. The average molecular weight is 383 g/mol. The summed E-state index contributed by atoms with van der Waals surface area (Å²) in [5.41, 5.74) is 2.16. The van der Waals surface area contributed by atoms with E-state index in [2.05, 4.69) is 17.6 Å². The number of halogens is 1. The third-order valence-electron chi connectivity index (χ3n) is 6.26. The highest BCUT2D eigenvalue weighted by atomic mass is 19.1. The van der Waals surface area contributed by atoms with E-state index in [0.29, 0.717) is 19.5 Å². The third-order valence-corrected chi connectivity index (χ3v) is 6.26. The maximum atomic E-state index is 14.2. The molecule has 1 N–H and O–H groups in total. The molecule has 0 unspecified atom stereocenters. The Morgan fingerprint density at radius 2 is 1.96 bits per heavy atom. The number of aliphatic hydroxyl groups excluding tert-OH is 1. The number of benzene rings is 1. The van der Waals surface area contributed by atoms with Crippen LogP contribution in [0.4, 0.5) is 4.39 Å². The lowest BCUT2D eigenvalue weighted by Crippen LogP contribution is -2.52. The van der Waals surface area contributed by atoms with E-state index in [-0.39, 0.29) is 34.3 Å². The maximum Gasteiger partial charge on any atom is 0.274 e. The van der Waals surface area contributed by atoms with Crippen LogP contribution < -0.4 is 0 Å². The van der Waals surface area contributed by atoms with Gasteiger partial charge in [0, 0.05) is 32.0 Å². The van der Waals surface area contributed by atoms with E-state index < -0.39 is 0 Å². The van der Waals surface area contributed by atoms with Gasteiger partial charge < -0.3 is 14.9 Å². The molecule has 148 valence electrons. The number of aliphatic hydroxyl groups is 1. The Labute approximate surface area is 164 Å². The molecule has 1 saturated carbocycles. The molecule has 1 aliphatic carbocycles. The SMILES string of the molecule is C=C1N=C(CC2(c3cc(C)cc(F)c3)CCCC2)N2CCN(C)C(=O)C2=C1O. The summed E-state index contributed by atoms with van der Waals surface area (Å²) in [5.74, 6) is 0.147. The largest absolute Gasteiger partial charge is 0.504 e. The Bertz CT molecular complexity index is 892. The summed E-state index contributed by atoms with van der Waals surface area (Å²) in [6, 6.07) is 5.25. The van der Waals surface area contributed by atoms with Crippen molar-refractivity contribution in [1.82, 2.24) is 9.80 Å². The summed E-state index contributed by atoms with van der Waals surface area (Å²) in [7, 11) is 1.72. The fourth-order valence-electron chi connectivity index (χ4n) is 4.75. The van der Waals surface area contributed by atoms with Crippen molar-refractivity contribution >= 4 is 11.7 Å². The van der Waals surface area contributed by atoms with Crippen molar-refractivity contribution < 1.29 is 14.3 Å². The summed E-state index contributed by atoms with van der Waals surface area (Å²) in [6.45, 7) is 6.89. The molecule has 0 atom stereocenters. The van der Waals surface area contributed by atoms with Gasteiger partial charge in [-0.2, -0.15) is 0 Å². The van der Waals surface area contributed by atoms with Crippen molar-refractivity contribution in [2.45, 2.75) is 44.4 Å². The Kier molecular flexibility index (Phi) is 4.52. The molecule has 2 heterocycles. The lowest BCUT2D eigenvalue weighted by Gasteiger charge is -2.41. The number of fused-ring (bicyclic) bond motifs is 1. The van der Waals surface area contributed by atoms with E-state index in [1.807, 2.05) is 11.8 Å². The molecule has 1 amide bonds. The minimum atomic E-state index is -0.223. The van der Waals surface area contributed by atoms with Gasteiger partial charge in [0.25, 0.3) is 5.91 Å². The fourth-order valence-corrected chi connectivity index (χ4v) is 4.75. The normalized spacial score (nSPS) is 21.9. The van der Waals surface area contributed by atoms with Gasteiger partial charge in [0.05, 0.1) is 0 Å². The van der Waals surface area contributed by atoms with Gasteiger partial charge in [-0.3, -0.25) is 4.79 Å². The Hall–Kier alpha value is -2.63. The lowest BCUT2D eigenvalue weighted by atomic mass is 9.75. The van der Waals surface area contributed by atoms with E-state index in [9.17, 15) is 14.3 Å². The summed E-state index contributed by atoms with van der Waals surface area (Å²) >= 11 is 0. The van der Waals surface area contributed by atoms with Crippen molar-refractivity contribution in [1.29, 1.82) is 0 Å². The molecule has 4 rings (SSSR count). The molecule has 1 aromatic rings. The summed E-state index contributed by atoms with van der Waals surface area (Å²) in [6.07, 6.45) is 4.67. The number of rotatable bonds is 3. The third kappa shape index (κ3) is 3.01. The van der Waals surface area contributed by atoms with Gasteiger partial charge in [0.2, 0.25) is 0 Å². The number of nitrogens with zero attached hydrogens (tertiary/aromatic N) is 3. The van der Waals surface area contributed by atoms with Crippen LogP contribution >= 0.6 is 0 Å². The minimum Gasteiger partial charge on any atom is -0.504 e. The van der Waals surface area contributed by atoms with E-state index in [4.69, 9.17) is 0 Å². The number of carbonyl (C=O) groups is 1. The van der Waals surface area contributed by atoms with Gasteiger partial charge in [-0.05, 0) is 43.0 Å². The van der Waals surface area contributed by atoms with E-state index in [1.165, 1.54) is 0 Å². The molecule has 1 saturated heterocycles. The van der Waals surface area contributed by atoms with Crippen LogP contribution in [-0.2, 0) is 10.2 Å². The number of piperazine rings is 1. The number of likely N-dealkylation sites (N-methyl/N-ethyl adjacent to an activating group) is 1. The first-order valence-electron chi connectivity index (χ1n) is 9.81. The molecular weight excluding hydrogens is 357 g/mol. The van der Waals surface area contributed by atoms with Crippen molar-refractivity contribution in [2.24, 2.45) is 4.99 Å². The number of aliphatic imine (C=N–C) groups is 1. The van der Waals surface area contributed by atoms with E-state index in [1.54, 1.807) is 24.1 Å². The molecule has 5 nitrogen and oxygen atoms in total. The highest BCUT2D eigenvalue weighted by Crippen LogP contribution is 2.46. The first kappa shape index (κ1) is 18.7. The van der Waals surface area contributed by atoms with Gasteiger partial charge in [0.15, 0.2) is 11.5 Å². The zero-order valence-electron chi connectivity index (χ0n) is 16.5. The molecule has 28 heavy (non-hydrogen) atoms. The Morgan fingerprint density at radius 3 is 2.64 bits per heavy atom. The molecule has 0 bridgehead atoms. The number of amides is 1. The molecule has 1 aromatic carbocycles. The van der Waals surface area contributed by atoms with Gasteiger partial charge in [-0.25, -0.2) is 9.38 Å². The summed E-state index contributed by atoms with van der Waals surface area (Å²) in [5, 5.41) is 10.4. The highest BCUT2D eigenvalue weighted by molar-refractivity contribution is 6.02. The lowest BCUT2D eigenvalue weighted by molar-refractivity contribution is -0.129. The monoisotopic (exact) mass is 383 g/mol. The molecule has 0 radical (unpaired) electrons. The second kappa shape index (κ2) is 6.76. The van der Waals surface area contributed by atoms with Gasteiger partial charge in [0.1, 0.15) is 17.3 Å². The molecule has 2 fully saturated rings. The van der Waals surface area contributed by atoms with Crippen LogP contribution in [0.15, 0.2) is 46.9 Å². The second-order valence-corrected chi connectivity index (χ2v) is 8.23. The van der Waals surface area contributed by atoms with Crippen molar-refractivity contribution in [3.05, 3.63) is 58.9 Å². The standard InChI is InChI=1S/C22H26FN3O2/c1-14-10-16(12-17(23)11-14)22(6-4-5-7-22)13-18-24-15(2)20(27)19-21(28)25(3)8-9-26(18)19/h10-12,27H,2,4-9,13H2,1,3H3. The average Bonchev–Trinajstić information content (AvgIpc) is 3.11. The van der Waals surface area contributed by atoms with Crippen molar-refractivity contribution in [3.8, 4) is 0 Å². The number of carbonyl (C=O) groups excluding carboxylic acids is 1. The Morgan fingerprint density at radius 1 is 1.25 bits per heavy atom.